The second kappa shape index (κ2) is 10.5. The molecule has 0 aliphatic rings. The van der Waals surface area contributed by atoms with E-state index in [9.17, 15) is 4.79 Å². The number of carbonyl (C=O) groups excluding carboxylic acids is 1. The van der Waals surface area contributed by atoms with Crippen molar-refractivity contribution in [2.75, 3.05) is 20.3 Å². The predicted octanol–water partition coefficient (Wildman–Crippen LogP) is 4.22. The molecule has 150 valence electrons. The van der Waals surface area contributed by atoms with Crippen molar-refractivity contribution in [2.45, 2.75) is 32.9 Å². The van der Waals surface area contributed by atoms with E-state index in [0.717, 1.165) is 11.1 Å². The largest absolute Gasteiger partial charge is 0.493 e. The number of benzene rings is 2. The molecule has 0 saturated heterocycles. The molecule has 0 aliphatic carbocycles. The quantitative estimate of drug-likeness (QED) is 0.624. The molecule has 0 fully saturated rings. The SMILES string of the molecule is CCOc1ccc(/C=C/C(=O)NC(C)(C)COCc2ccccc2)cc1OC. The first-order valence-corrected chi connectivity index (χ1v) is 9.36. The van der Waals surface area contributed by atoms with Crippen LogP contribution < -0.4 is 14.8 Å². The van der Waals surface area contributed by atoms with E-state index < -0.39 is 5.54 Å². The van der Waals surface area contributed by atoms with Crippen molar-refractivity contribution in [1.82, 2.24) is 5.32 Å². The van der Waals surface area contributed by atoms with Gasteiger partial charge in [0.2, 0.25) is 5.91 Å². The molecule has 5 nitrogen and oxygen atoms in total. The molecule has 1 amide bonds. The van der Waals surface area contributed by atoms with Gasteiger partial charge in [-0.2, -0.15) is 0 Å². The maximum absolute atomic E-state index is 12.3. The Morgan fingerprint density at radius 3 is 2.54 bits per heavy atom. The van der Waals surface area contributed by atoms with E-state index in [2.05, 4.69) is 5.32 Å². The maximum atomic E-state index is 12.3. The number of amides is 1. The molecule has 2 rings (SSSR count). The van der Waals surface area contributed by atoms with E-state index >= 15 is 0 Å². The van der Waals surface area contributed by atoms with Gasteiger partial charge in [-0.05, 0) is 50.1 Å². The van der Waals surface area contributed by atoms with Crippen LogP contribution >= 0.6 is 0 Å². The lowest BCUT2D eigenvalue weighted by atomic mass is 10.1. The molecule has 0 unspecified atom stereocenters. The Morgan fingerprint density at radius 2 is 1.86 bits per heavy atom. The van der Waals surface area contributed by atoms with Gasteiger partial charge in [0.15, 0.2) is 11.5 Å². The second-order valence-electron chi connectivity index (χ2n) is 7.03. The minimum Gasteiger partial charge on any atom is -0.493 e. The van der Waals surface area contributed by atoms with Crippen molar-refractivity contribution in [3.8, 4) is 11.5 Å². The van der Waals surface area contributed by atoms with Crippen LogP contribution in [0.5, 0.6) is 11.5 Å². The standard InChI is InChI=1S/C23H29NO4/c1-5-28-20-13-11-18(15-21(20)26-4)12-14-22(25)24-23(2,3)17-27-16-19-9-7-6-8-10-19/h6-15H,5,16-17H2,1-4H3,(H,24,25)/b14-12+. The molecular formula is C23H29NO4. The highest BCUT2D eigenvalue weighted by Crippen LogP contribution is 2.28. The molecule has 0 spiro atoms. The number of nitrogens with one attached hydrogen (secondary N) is 1. The molecule has 2 aromatic rings. The third kappa shape index (κ3) is 7.08. The van der Waals surface area contributed by atoms with Crippen LogP contribution in [0.4, 0.5) is 0 Å². The van der Waals surface area contributed by atoms with Crippen LogP contribution in [0.3, 0.4) is 0 Å². The van der Waals surface area contributed by atoms with Crippen molar-refractivity contribution >= 4 is 12.0 Å². The number of methoxy groups -OCH3 is 1. The van der Waals surface area contributed by atoms with Crippen LogP contribution in [0.25, 0.3) is 6.08 Å². The highest BCUT2D eigenvalue weighted by atomic mass is 16.5. The van der Waals surface area contributed by atoms with Gasteiger partial charge in [-0.15, -0.1) is 0 Å². The monoisotopic (exact) mass is 383 g/mol. The first-order chi connectivity index (χ1) is 13.4. The maximum Gasteiger partial charge on any atom is 0.244 e. The van der Waals surface area contributed by atoms with Gasteiger partial charge >= 0.3 is 0 Å². The van der Waals surface area contributed by atoms with Gasteiger partial charge < -0.3 is 19.5 Å². The van der Waals surface area contributed by atoms with Crippen LogP contribution in [0.2, 0.25) is 0 Å². The summed E-state index contributed by atoms with van der Waals surface area (Å²) >= 11 is 0. The summed E-state index contributed by atoms with van der Waals surface area (Å²) in [5.74, 6) is 1.14. The van der Waals surface area contributed by atoms with Crippen LogP contribution in [0, 0.1) is 0 Å². The zero-order valence-corrected chi connectivity index (χ0v) is 17.0. The number of carbonyl (C=O) groups is 1. The van der Waals surface area contributed by atoms with Crippen molar-refractivity contribution in [2.24, 2.45) is 0 Å². The summed E-state index contributed by atoms with van der Waals surface area (Å²) in [4.78, 5) is 12.3. The Bertz CT molecular complexity index is 784. The van der Waals surface area contributed by atoms with Gasteiger partial charge in [-0.1, -0.05) is 36.4 Å². The molecule has 0 bridgehead atoms. The Morgan fingerprint density at radius 1 is 1.11 bits per heavy atom. The van der Waals surface area contributed by atoms with Gasteiger partial charge in [0, 0.05) is 6.08 Å². The van der Waals surface area contributed by atoms with Crippen LogP contribution in [0.1, 0.15) is 31.9 Å². The average molecular weight is 383 g/mol. The van der Waals surface area contributed by atoms with E-state index in [1.165, 1.54) is 6.08 Å². The fourth-order valence-corrected chi connectivity index (χ4v) is 2.64. The topological polar surface area (TPSA) is 56.8 Å². The van der Waals surface area contributed by atoms with Gasteiger partial charge in [-0.25, -0.2) is 0 Å². The third-order valence-corrected chi connectivity index (χ3v) is 3.95. The van der Waals surface area contributed by atoms with Crippen molar-refractivity contribution in [1.29, 1.82) is 0 Å². The summed E-state index contributed by atoms with van der Waals surface area (Å²) in [6, 6.07) is 15.5. The first kappa shape index (κ1) is 21.5. The lowest BCUT2D eigenvalue weighted by Gasteiger charge is -2.25. The Balaban J connectivity index is 1.87. The number of rotatable bonds is 10. The van der Waals surface area contributed by atoms with Gasteiger partial charge in [0.1, 0.15) is 0 Å². The predicted molar refractivity (Wildman–Crippen MR) is 112 cm³/mol. The van der Waals surface area contributed by atoms with Crippen LogP contribution in [0.15, 0.2) is 54.6 Å². The summed E-state index contributed by atoms with van der Waals surface area (Å²) in [6.07, 6.45) is 3.25. The Kier molecular flexibility index (Phi) is 8.08. The van der Waals surface area contributed by atoms with Crippen molar-refractivity contribution < 1.29 is 19.0 Å². The van der Waals surface area contributed by atoms with Gasteiger partial charge in [0.05, 0.1) is 32.5 Å². The molecule has 0 radical (unpaired) electrons. The van der Waals surface area contributed by atoms with Crippen molar-refractivity contribution in [3.63, 3.8) is 0 Å². The fraction of sp³-hybridized carbons (Fsp3) is 0.348. The van der Waals surface area contributed by atoms with Crippen LogP contribution in [-0.4, -0.2) is 31.8 Å². The van der Waals surface area contributed by atoms with E-state index in [0.29, 0.717) is 31.3 Å². The minimum atomic E-state index is -0.479. The fourth-order valence-electron chi connectivity index (χ4n) is 2.64. The molecule has 28 heavy (non-hydrogen) atoms. The first-order valence-electron chi connectivity index (χ1n) is 9.36. The summed E-state index contributed by atoms with van der Waals surface area (Å²) in [7, 11) is 1.59. The molecule has 0 aromatic heterocycles. The zero-order valence-electron chi connectivity index (χ0n) is 17.0. The van der Waals surface area contributed by atoms with E-state index in [1.807, 2.05) is 69.3 Å². The van der Waals surface area contributed by atoms with Gasteiger partial charge in [0.25, 0.3) is 0 Å². The van der Waals surface area contributed by atoms with E-state index in [1.54, 1.807) is 13.2 Å². The van der Waals surface area contributed by atoms with Crippen molar-refractivity contribution in [3.05, 3.63) is 65.7 Å². The smallest absolute Gasteiger partial charge is 0.244 e. The molecule has 5 heteroatoms. The normalized spacial score (nSPS) is 11.4. The molecule has 1 N–H and O–H groups in total. The van der Waals surface area contributed by atoms with E-state index in [4.69, 9.17) is 14.2 Å². The van der Waals surface area contributed by atoms with Crippen LogP contribution in [-0.2, 0) is 16.1 Å². The Hall–Kier alpha value is -2.79. The molecule has 0 saturated carbocycles. The molecule has 0 heterocycles. The number of ether oxygens (including phenoxy) is 3. The lowest BCUT2D eigenvalue weighted by Crippen LogP contribution is -2.46. The van der Waals surface area contributed by atoms with E-state index in [-0.39, 0.29) is 5.91 Å². The third-order valence-electron chi connectivity index (χ3n) is 3.95. The second-order valence-corrected chi connectivity index (χ2v) is 7.03. The summed E-state index contributed by atoms with van der Waals surface area (Å²) in [6.45, 7) is 7.28. The molecule has 0 atom stereocenters. The summed E-state index contributed by atoms with van der Waals surface area (Å²) < 4.78 is 16.6. The number of hydrogen-bond donors (Lipinski definition) is 1. The Labute approximate surface area is 167 Å². The summed E-state index contributed by atoms with van der Waals surface area (Å²) in [5.41, 5.74) is 1.48. The minimum absolute atomic E-state index is 0.179. The average Bonchev–Trinajstić information content (AvgIpc) is 2.67. The highest BCUT2D eigenvalue weighted by Gasteiger charge is 2.19. The summed E-state index contributed by atoms with van der Waals surface area (Å²) in [5, 5.41) is 2.97. The highest BCUT2D eigenvalue weighted by molar-refractivity contribution is 5.92. The molecule has 2 aromatic carbocycles. The van der Waals surface area contributed by atoms with Gasteiger partial charge in [-0.3, -0.25) is 4.79 Å². The lowest BCUT2D eigenvalue weighted by molar-refractivity contribution is -0.118. The number of hydrogen-bond acceptors (Lipinski definition) is 4. The zero-order chi connectivity index (χ0) is 20.4. The molecular weight excluding hydrogens is 354 g/mol. The molecule has 0 aliphatic heterocycles.